The number of aryl methyl sites for hydroxylation is 1. The van der Waals surface area contributed by atoms with Crippen LogP contribution in [0.15, 0.2) is 24.3 Å². The van der Waals surface area contributed by atoms with E-state index in [4.69, 9.17) is 5.73 Å². The van der Waals surface area contributed by atoms with Crippen LogP contribution in [0.5, 0.6) is 0 Å². The molecule has 1 aromatic rings. The lowest BCUT2D eigenvalue weighted by Crippen LogP contribution is -2.42. The van der Waals surface area contributed by atoms with E-state index in [0.717, 1.165) is 19.3 Å². The zero-order chi connectivity index (χ0) is 14.8. The van der Waals surface area contributed by atoms with Crippen LogP contribution in [0, 0.1) is 0 Å². The van der Waals surface area contributed by atoms with Crippen LogP contribution in [0.4, 0.5) is 0 Å². The largest absolute Gasteiger partial charge is 0.323 e. The summed E-state index contributed by atoms with van der Waals surface area (Å²) in [5, 5.41) is 0. The van der Waals surface area contributed by atoms with E-state index in [-0.39, 0.29) is 17.8 Å². The minimum Gasteiger partial charge on any atom is -0.323 e. The molecule has 0 amide bonds. The molecule has 112 valence electrons. The van der Waals surface area contributed by atoms with Crippen molar-refractivity contribution in [2.45, 2.75) is 31.3 Å². The van der Waals surface area contributed by atoms with Crippen molar-refractivity contribution in [3.8, 4) is 0 Å². The monoisotopic (exact) mass is 296 g/mol. The standard InChI is InChI=1S/C15H24N2O2S/c1-17(10-11-20(2,18)19)14-9-5-7-12-6-3-4-8-13(12)15(14)16/h3-4,6,8,14-15H,5,7,9-11,16H2,1-2H3. The number of fused-ring (bicyclic) bond motifs is 1. The molecule has 20 heavy (non-hydrogen) atoms. The average molecular weight is 296 g/mol. The predicted molar refractivity (Wildman–Crippen MR) is 82.4 cm³/mol. The molecule has 2 rings (SSSR count). The fourth-order valence-corrected chi connectivity index (χ4v) is 3.57. The average Bonchev–Trinajstić information content (AvgIpc) is 2.55. The van der Waals surface area contributed by atoms with Crippen molar-refractivity contribution in [3.63, 3.8) is 0 Å². The molecule has 0 spiro atoms. The Morgan fingerprint density at radius 3 is 2.75 bits per heavy atom. The summed E-state index contributed by atoms with van der Waals surface area (Å²) < 4.78 is 22.6. The highest BCUT2D eigenvalue weighted by Gasteiger charge is 2.27. The third-order valence-corrected chi connectivity index (χ3v) is 5.08. The molecular formula is C15H24N2O2S. The van der Waals surface area contributed by atoms with Gasteiger partial charge in [0.15, 0.2) is 0 Å². The van der Waals surface area contributed by atoms with Gasteiger partial charge in [0.2, 0.25) is 0 Å². The summed E-state index contributed by atoms with van der Waals surface area (Å²) in [4.78, 5) is 2.10. The van der Waals surface area contributed by atoms with Gasteiger partial charge in [-0.25, -0.2) is 8.42 Å². The SMILES string of the molecule is CN(CCS(C)(=O)=O)C1CCCc2ccccc2C1N. The van der Waals surface area contributed by atoms with E-state index in [1.807, 2.05) is 13.1 Å². The van der Waals surface area contributed by atoms with Gasteiger partial charge < -0.3 is 10.6 Å². The highest BCUT2D eigenvalue weighted by Crippen LogP contribution is 2.29. The molecule has 0 saturated carbocycles. The van der Waals surface area contributed by atoms with E-state index >= 15 is 0 Å². The van der Waals surface area contributed by atoms with Gasteiger partial charge in [0.1, 0.15) is 9.84 Å². The Balaban J connectivity index is 2.12. The number of rotatable bonds is 4. The van der Waals surface area contributed by atoms with Crippen molar-refractivity contribution >= 4 is 9.84 Å². The summed E-state index contributed by atoms with van der Waals surface area (Å²) in [5.74, 6) is 0.189. The summed E-state index contributed by atoms with van der Waals surface area (Å²) in [5.41, 5.74) is 8.98. The number of nitrogens with two attached hydrogens (primary N) is 1. The van der Waals surface area contributed by atoms with Gasteiger partial charge >= 0.3 is 0 Å². The maximum atomic E-state index is 11.3. The zero-order valence-corrected chi connectivity index (χ0v) is 13.1. The van der Waals surface area contributed by atoms with E-state index in [2.05, 4.69) is 23.1 Å². The predicted octanol–water partition coefficient (Wildman–Crippen LogP) is 1.37. The molecule has 2 unspecified atom stereocenters. The number of benzene rings is 1. The zero-order valence-electron chi connectivity index (χ0n) is 12.2. The molecule has 0 aromatic heterocycles. The first kappa shape index (κ1) is 15.5. The van der Waals surface area contributed by atoms with E-state index in [1.54, 1.807) is 0 Å². The first-order valence-corrected chi connectivity index (χ1v) is 9.16. The van der Waals surface area contributed by atoms with Crippen LogP contribution in [-0.4, -0.2) is 45.0 Å². The van der Waals surface area contributed by atoms with Gasteiger partial charge in [0, 0.05) is 24.9 Å². The number of hydrogen-bond acceptors (Lipinski definition) is 4. The molecule has 2 atom stereocenters. The molecule has 0 fully saturated rings. The molecule has 0 radical (unpaired) electrons. The first-order valence-electron chi connectivity index (χ1n) is 7.10. The second kappa shape index (κ2) is 6.24. The Kier molecular flexibility index (Phi) is 4.83. The maximum Gasteiger partial charge on any atom is 0.148 e. The first-order chi connectivity index (χ1) is 9.38. The number of likely N-dealkylation sites (N-methyl/N-ethyl adjacent to an activating group) is 1. The summed E-state index contributed by atoms with van der Waals surface area (Å²) in [7, 11) is -0.952. The fourth-order valence-electron chi connectivity index (χ4n) is 2.95. The molecule has 0 saturated heterocycles. The molecule has 0 heterocycles. The minimum absolute atomic E-state index is 0.0433. The lowest BCUT2D eigenvalue weighted by molar-refractivity contribution is 0.211. The normalized spacial score (nSPS) is 23.4. The van der Waals surface area contributed by atoms with Crippen molar-refractivity contribution in [2.75, 3.05) is 25.6 Å². The molecule has 4 nitrogen and oxygen atoms in total. The van der Waals surface area contributed by atoms with E-state index < -0.39 is 9.84 Å². The van der Waals surface area contributed by atoms with Crippen LogP contribution in [0.25, 0.3) is 0 Å². The van der Waals surface area contributed by atoms with Crippen LogP contribution in [-0.2, 0) is 16.3 Å². The van der Waals surface area contributed by atoms with Crippen molar-refractivity contribution in [2.24, 2.45) is 5.73 Å². The molecule has 2 N–H and O–H groups in total. The van der Waals surface area contributed by atoms with E-state index in [1.165, 1.54) is 17.4 Å². The Bertz CT molecular complexity index is 557. The van der Waals surface area contributed by atoms with E-state index in [0.29, 0.717) is 6.54 Å². The van der Waals surface area contributed by atoms with Crippen molar-refractivity contribution in [1.82, 2.24) is 4.90 Å². The second-order valence-corrected chi connectivity index (χ2v) is 8.05. The second-order valence-electron chi connectivity index (χ2n) is 5.79. The Labute approximate surface area is 121 Å². The van der Waals surface area contributed by atoms with Gasteiger partial charge in [0.25, 0.3) is 0 Å². The van der Waals surface area contributed by atoms with Crippen molar-refractivity contribution in [3.05, 3.63) is 35.4 Å². The molecular weight excluding hydrogens is 272 g/mol. The molecule has 5 heteroatoms. The highest BCUT2D eigenvalue weighted by atomic mass is 32.2. The van der Waals surface area contributed by atoms with Crippen molar-refractivity contribution in [1.29, 1.82) is 0 Å². The van der Waals surface area contributed by atoms with Crippen LogP contribution in [0.2, 0.25) is 0 Å². The molecule has 0 bridgehead atoms. The minimum atomic E-state index is -2.93. The fraction of sp³-hybridized carbons (Fsp3) is 0.600. The topological polar surface area (TPSA) is 63.4 Å². The van der Waals surface area contributed by atoms with Gasteiger partial charge in [-0.15, -0.1) is 0 Å². The van der Waals surface area contributed by atoms with Crippen LogP contribution >= 0.6 is 0 Å². The van der Waals surface area contributed by atoms with Gasteiger partial charge in [0.05, 0.1) is 5.75 Å². The number of sulfone groups is 1. The van der Waals surface area contributed by atoms with Gasteiger partial charge in [-0.05, 0) is 37.4 Å². The molecule has 1 aromatic carbocycles. The Morgan fingerprint density at radius 1 is 1.35 bits per heavy atom. The van der Waals surface area contributed by atoms with Crippen molar-refractivity contribution < 1.29 is 8.42 Å². The van der Waals surface area contributed by atoms with Gasteiger partial charge in [-0.2, -0.15) is 0 Å². The summed E-state index contributed by atoms with van der Waals surface area (Å²) in [6.07, 6.45) is 4.44. The third kappa shape index (κ3) is 3.81. The molecule has 0 aliphatic heterocycles. The lowest BCUT2D eigenvalue weighted by Gasteiger charge is -2.32. The van der Waals surface area contributed by atoms with Crippen LogP contribution < -0.4 is 5.73 Å². The highest BCUT2D eigenvalue weighted by molar-refractivity contribution is 7.90. The number of nitrogens with zero attached hydrogens (tertiary/aromatic N) is 1. The van der Waals surface area contributed by atoms with Crippen LogP contribution in [0.1, 0.15) is 30.0 Å². The summed E-state index contributed by atoms with van der Waals surface area (Å²) >= 11 is 0. The summed E-state index contributed by atoms with van der Waals surface area (Å²) in [6.45, 7) is 0.541. The summed E-state index contributed by atoms with van der Waals surface area (Å²) in [6, 6.07) is 8.49. The number of hydrogen-bond donors (Lipinski definition) is 1. The maximum absolute atomic E-state index is 11.3. The quantitative estimate of drug-likeness (QED) is 0.852. The molecule has 1 aliphatic rings. The van der Waals surface area contributed by atoms with Gasteiger partial charge in [-0.3, -0.25) is 0 Å². The van der Waals surface area contributed by atoms with Crippen LogP contribution in [0.3, 0.4) is 0 Å². The Morgan fingerprint density at radius 2 is 2.05 bits per heavy atom. The lowest BCUT2D eigenvalue weighted by atomic mass is 9.96. The molecule has 1 aliphatic carbocycles. The Hall–Kier alpha value is -0.910. The third-order valence-electron chi connectivity index (χ3n) is 4.16. The van der Waals surface area contributed by atoms with E-state index in [9.17, 15) is 8.42 Å². The van der Waals surface area contributed by atoms with Gasteiger partial charge in [-0.1, -0.05) is 24.3 Å². The smallest absolute Gasteiger partial charge is 0.148 e.